The zero-order valence-electron chi connectivity index (χ0n) is 15.4. The lowest BCUT2D eigenvalue weighted by Crippen LogP contribution is -2.22. The van der Waals surface area contributed by atoms with Crippen LogP contribution in [0, 0.1) is 13.8 Å². The Bertz CT molecular complexity index is 1130. The van der Waals surface area contributed by atoms with Crippen molar-refractivity contribution in [3.8, 4) is 0 Å². The first-order valence-electron chi connectivity index (χ1n) is 8.80. The lowest BCUT2D eigenvalue weighted by molar-refractivity contribution is -0.115. The Morgan fingerprint density at radius 2 is 1.81 bits per heavy atom. The summed E-state index contributed by atoms with van der Waals surface area (Å²) in [6.45, 7) is 5.97. The number of hydrogen-bond donors (Lipinski definition) is 1. The highest BCUT2D eigenvalue weighted by atomic mass is 32.2. The Morgan fingerprint density at radius 3 is 2.59 bits per heavy atom. The van der Waals surface area contributed by atoms with Crippen LogP contribution in [-0.2, 0) is 4.79 Å². The fraction of sp³-hybridized carbons (Fsp3) is 0.190. The highest BCUT2D eigenvalue weighted by Crippen LogP contribution is 2.28. The van der Waals surface area contributed by atoms with Crippen molar-refractivity contribution in [1.29, 1.82) is 0 Å². The van der Waals surface area contributed by atoms with Crippen LogP contribution in [0.15, 0.2) is 59.8 Å². The number of aromatic nitrogens is 3. The summed E-state index contributed by atoms with van der Waals surface area (Å²) in [5.41, 5.74) is 4.95. The van der Waals surface area contributed by atoms with Crippen LogP contribution in [-0.4, -0.2) is 25.8 Å². The van der Waals surface area contributed by atoms with Gasteiger partial charge in [-0.05, 0) is 50.6 Å². The van der Waals surface area contributed by atoms with Gasteiger partial charge < -0.3 is 5.32 Å². The molecule has 0 spiro atoms. The van der Waals surface area contributed by atoms with E-state index >= 15 is 0 Å². The minimum atomic E-state index is -0.307. The molecule has 4 rings (SSSR count). The molecular formula is C21H20N4OS. The Hall–Kier alpha value is -2.86. The summed E-state index contributed by atoms with van der Waals surface area (Å²) >= 11 is 1.41. The number of fused-ring (bicyclic) bond motifs is 3. The second-order valence-corrected chi connectivity index (χ2v) is 7.94. The molecule has 0 aliphatic rings. The number of rotatable bonds is 4. The first-order chi connectivity index (χ1) is 13.0. The Kier molecular flexibility index (Phi) is 4.58. The van der Waals surface area contributed by atoms with E-state index in [4.69, 9.17) is 0 Å². The van der Waals surface area contributed by atoms with Gasteiger partial charge in [0, 0.05) is 11.1 Å². The SMILES string of the molecule is Cc1ccc(NC(=O)C(C)Sc2nnc3cc(C)c4ccccc4n23)cc1. The zero-order chi connectivity index (χ0) is 19.0. The number of nitrogens with one attached hydrogen (secondary N) is 1. The Labute approximate surface area is 161 Å². The third kappa shape index (κ3) is 3.40. The summed E-state index contributed by atoms with van der Waals surface area (Å²) in [4.78, 5) is 12.6. The Morgan fingerprint density at radius 1 is 1.07 bits per heavy atom. The van der Waals surface area contributed by atoms with Gasteiger partial charge in [0.15, 0.2) is 10.8 Å². The highest BCUT2D eigenvalue weighted by molar-refractivity contribution is 8.00. The van der Waals surface area contributed by atoms with E-state index in [1.54, 1.807) is 0 Å². The minimum Gasteiger partial charge on any atom is -0.325 e. The predicted octanol–water partition coefficient (Wildman–Crippen LogP) is 4.62. The van der Waals surface area contributed by atoms with Crippen LogP contribution >= 0.6 is 11.8 Å². The van der Waals surface area contributed by atoms with Crippen LogP contribution < -0.4 is 5.32 Å². The van der Waals surface area contributed by atoms with Crippen LogP contribution in [0.2, 0.25) is 0 Å². The molecule has 136 valence electrons. The average Bonchev–Trinajstić information content (AvgIpc) is 3.06. The molecule has 4 aromatic rings. The molecule has 2 heterocycles. The third-order valence-electron chi connectivity index (χ3n) is 4.54. The molecule has 0 aliphatic carbocycles. The lowest BCUT2D eigenvalue weighted by Gasteiger charge is -2.12. The van der Waals surface area contributed by atoms with Gasteiger partial charge in [-0.1, -0.05) is 47.7 Å². The van der Waals surface area contributed by atoms with E-state index in [1.807, 2.05) is 60.7 Å². The predicted molar refractivity (Wildman–Crippen MR) is 110 cm³/mol. The fourth-order valence-corrected chi connectivity index (χ4v) is 3.91. The fourth-order valence-electron chi connectivity index (χ4n) is 3.04. The quantitative estimate of drug-likeness (QED) is 0.528. The number of para-hydroxylation sites is 1. The largest absolute Gasteiger partial charge is 0.325 e. The molecule has 0 saturated heterocycles. The molecule has 0 aliphatic heterocycles. The summed E-state index contributed by atoms with van der Waals surface area (Å²) in [5.74, 6) is -0.0583. The topological polar surface area (TPSA) is 59.3 Å². The van der Waals surface area contributed by atoms with E-state index in [-0.39, 0.29) is 11.2 Å². The molecule has 1 unspecified atom stereocenters. The van der Waals surface area contributed by atoms with Gasteiger partial charge in [-0.2, -0.15) is 0 Å². The first kappa shape index (κ1) is 17.5. The molecule has 0 saturated carbocycles. The first-order valence-corrected chi connectivity index (χ1v) is 9.68. The van der Waals surface area contributed by atoms with Crippen molar-refractivity contribution in [2.24, 2.45) is 0 Å². The van der Waals surface area contributed by atoms with E-state index in [9.17, 15) is 4.79 Å². The van der Waals surface area contributed by atoms with Gasteiger partial charge in [-0.15, -0.1) is 10.2 Å². The molecule has 5 nitrogen and oxygen atoms in total. The number of aryl methyl sites for hydroxylation is 2. The van der Waals surface area contributed by atoms with E-state index in [1.165, 1.54) is 11.8 Å². The van der Waals surface area contributed by atoms with E-state index < -0.39 is 0 Å². The van der Waals surface area contributed by atoms with E-state index in [0.29, 0.717) is 5.16 Å². The molecule has 6 heteroatoms. The number of benzene rings is 2. The maximum absolute atomic E-state index is 12.6. The summed E-state index contributed by atoms with van der Waals surface area (Å²) in [6, 6.07) is 18.0. The number of pyridine rings is 1. The molecule has 2 aromatic carbocycles. The van der Waals surface area contributed by atoms with Crippen LogP contribution in [0.4, 0.5) is 5.69 Å². The molecule has 2 aromatic heterocycles. The van der Waals surface area contributed by atoms with Gasteiger partial charge in [0.05, 0.1) is 10.8 Å². The number of hydrogen-bond acceptors (Lipinski definition) is 4. The normalized spacial score (nSPS) is 12.4. The van der Waals surface area contributed by atoms with Crippen molar-refractivity contribution >= 4 is 39.9 Å². The molecule has 1 atom stereocenters. The van der Waals surface area contributed by atoms with Crippen molar-refractivity contribution < 1.29 is 4.79 Å². The monoisotopic (exact) mass is 376 g/mol. The van der Waals surface area contributed by atoms with Crippen LogP contribution in [0.5, 0.6) is 0 Å². The number of carbonyl (C=O) groups excluding carboxylic acids is 1. The Balaban J connectivity index is 1.62. The molecule has 1 amide bonds. The lowest BCUT2D eigenvalue weighted by atomic mass is 10.1. The number of thioether (sulfide) groups is 1. The smallest absolute Gasteiger partial charge is 0.237 e. The summed E-state index contributed by atoms with van der Waals surface area (Å²) in [6.07, 6.45) is 0. The van der Waals surface area contributed by atoms with Crippen molar-refractivity contribution in [3.63, 3.8) is 0 Å². The number of anilines is 1. The van der Waals surface area contributed by atoms with E-state index in [0.717, 1.165) is 33.4 Å². The van der Waals surface area contributed by atoms with Crippen LogP contribution in [0.1, 0.15) is 18.1 Å². The van der Waals surface area contributed by atoms with Gasteiger partial charge in [0.25, 0.3) is 0 Å². The molecule has 0 fully saturated rings. The molecule has 1 N–H and O–H groups in total. The van der Waals surface area contributed by atoms with Gasteiger partial charge in [-0.3, -0.25) is 9.20 Å². The summed E-state index contributed by atoms with van der Waals surface area (Å²) in [7, 11) is 0. The maximum atomic E-state index is 12.6. The minimum absolute atomic E-state index is 0.0583. The van der Waals surface area contributed by atoms with E-state index in [2.05, 4.69) is 34.6 Å². The standard InChI is InChI=1S/C21H20N4OS/c1-13-8-10-16(11-9-13)22-20(26)15(3)27-21-24-23-19-12-14(2)17-6-4-5-7-18(17)25(19)21/h4-12,15H,1-3H3,(H,22,26). The molecule has 27 heavy (non-hydrogen) atoms. The maximum Gasteiger partial charge on any atom is 0.237 e. The van der Waals surface area contributed by atoms with Crippen molar-refractivity contribution in [2.75, 3.05) is 5.32 Å². The van der Waals surface area contributed by atoms with Crippen molar-refractivity contribution in [2.45, 2.75) is 31.2 Å². The van der Waals surface area contributed by atoms with Gasteiger partial charge in [-0.25, -0.2) is 0 Å². The van der Waals surface area contributed by atoms with Gasteiger partial charge in [0.1, 0.15) is 0 Å². The highest BCUT2D eigenvalue weighted by Gasteiger charge is 2.19. The molecule has 0 radical (unpaired) electrons. The van der Waals surface area contributed by atoms with Gasteiger partial charge >= 0.3 is 0 Å². The summed E-state index contributed by atoms with van der Waals surface area (Å²) in [5, 5.41) is 13.1. The number of carbonyl (C=O) groups is 1. The van der Waals surface area contributed by atoms with Crippen LogP contribution in [0.3, 0.4) is 0 Å². The second-order valence-electron chi connectivity index (χ2n) is 6.64. The number of amides is 1. The van der Waals surface area contributed by atoms with Crippen molar-refractivity contribution in [1.82, 2.24) is 14.6 Å². The van der Waals surface area contributed by atoms with Crippen LogP contribution in [0.25, 0.3) is 16.6 Å². The second kappa shape index (κ2) is 7.04. The average molecular weight is 376 g/mol. The van der Waals surface area contributed by atoms with Gasteiger partial charge in [0.2, 0.25) is 5.91 Å². The summed E-state index contributed by atoms with van der Waals surface area (Å²) < 4.78 is 2.02. The number of nitrogens with zero attached hydrogens (tertiary/aromatic N) is 3. The zero-order valence-corrected chi connectivity index (χ0v) is 16.2. The van der Waals surface area contributed by atoms with Crippen molar-refractivity contribution in [3.05, 3.63) is 65.7 Å². The molecule has 0 bridgehead atoms. The molecular weight excluding hydrogens is 356 g/mol. The third-order valence-corrected chi connectivity index (χ3v) is 5.59.